The monoisotopic (exact) mass is 260 g/mol. The summed E-state index contributed by atoms with van der Waals surface area (Å²) in [6.45, 7) is 0. The van der Waals surface area contributed by atoms with Gasteiger partial charge in [0.05, 0.1) is 0 Å². The number of carbonyl (C=O) groups excluding carboxylic acids is 1. The lowest BCUT2D eigenvalue weighted by molar-refractivity contribution is 0.0957. The molecule has 5 nitrogen and oxygen atoms in total. The van der Waals surface area contributed by atoms with E-state index in [-0.39, 0.29) is 5.91 Å². The molecule has 0 radical (unpaired) electrons. The summed E-state index contributed by atoms with van der Waals surface area (Å²) < 4.78 is 0. The summed E-state index contributed by atoms with van der Waals surface area (Å²) in [5.41, 5.74) is 6.82. The van der Waals surface area contributed by atoms with Crippen molar-refractivity contribution >= 4 is 23.4 Å². The number of amides is 1. The van der Waals surface area contributed by atoms with Gasteiger partial charge in [0.25, 0.3) is 5.91 Å². The second kappa shape index (κ2) is 5.50. The van der Waals surface area contributed by atoms with Crippen LogP contribution in [0.2, 0.25) is 0 Å². The van der Waals surface area contributed by atoms with Crippen LogP contribution in [0.4, 0.5) is 5.69 Å². The molecule has 1 heterocycles. The number of carbonyl (C=O) groups is 1. The number of para-hydroxylation sites is 1. The summed E-state index contributed by atoms with van der Waals surface area (Å²) in [5.74, 6) is -0.252. The number of hydrogen-bond donors (Lipinski definition) is 2. The summed E-state index contributed by atoms with van der Waals surface area (Å²) in [5, 5.41) is 11.0. The van der Waals surface area contributed by atoms with E-state index >= 15 is 0 Å². The Morgan fingerprint density at radius 1 is 1.22 bits per heavy atom. The van der Waals surface area contributed by atoms with Crippen LogP contribution in [0.1, 0.15) is 10.5 Å². The topological polar surface area (TPSA) is 80.9 Å². The summed E-state index contributed by atoms with van der Waals surface area (Å²) in [6.07, 6.45) is 0. The van der Waals surface area contributed by atoms with Gasteiger partial charge in [-0.2, -0.15) is 0 Å². The first kappa shape index (κ1) is 12.4. The Balaban J connectivity index is 2.16. The minimum absolute atomic E-state index is 0.252. The van der Waals surface area contributed by atoms with E-state index in [4.69, 9.17) is 5.73 Å². The molecule has 0 spiro atoms. The molecule has 1 aromatic carbocycles. The summed E-state index contributed by atoms with van der Waals surface area (Å²) in [4.78, 5) is 12.2. The van der Waals surface area contributed by atoms with E-state index in [0.29, 0.717) is 16.4 Å². The first-order chi connectivity index (χ1) is 8.70. The Hall–Kier alpha value is -2.08. The van der Waals surface area contributed by atoms with E-state index in [0.717, 1.165) is 4.90 Å². The Bertz CT molecular complexity index is 556. The first-order valence-corrected chi connectivity index (χ1v) is 6.10. The van der Waals surface area contributed by atoms with Gasteiger partial charge in [-0.25, -0.2) is 0 Å². The van der Waals surface area contributed by atoms with Crippen LogP contribution in [0.3, 0.4) is 0 Å². The van der Waals surface area contributed by atoms with Crippen LogP contribution in [0.15, 0.2) is 46.3 Å². The van der Waals surface area contributed by atoms with Gasteiger partial charge in [0.15, 0.2) is 5.69 Å². The highest BCUT2D eigenvalue weighted by atomic mass is 32.2. The van der Waals surface area contributed by atoms with Gasteiger partial charge < -0.3 is 11.1 Å². The number of nitrogen functional groups attached to an aromatic ring is 1. The highest BCUT2D eigenvalue weighted by Gasteiger charge is 2.07. The normalized spacial score (nSPS) is 10.1. The highest BCUT2D eigenvalue weighted by Crippen LogP contribution is 2.29. The molecule has 92 valence electrons. The van der Waals surface area contributed by atoms with Gasteiger partial charge in [-0.3, -0.25) is 4.79 Å². The zero-order valence-electron chi connectivity index (χ0n) is 9.75. The molecule has 0 unspecified atom stereocenters. The molecule has 2 rings (SSSR count). The molecule has 0 aliphatic rings. The molecule has 0 bridgehead atoms. The smallest absolute Gasteiger partial charge is 0.271 e. The molecular weight excluding hydrogens is 248 g/mol. The second-order valence-corrected chi connectivity index (χ2v) is 4.54. The van der Waals surface area contributed by atoms with Crippen molar-refractivity contribution in [1.82, 2.24) is 15.5 Å². The Morgan fingerprint density at radius 2 is 2.00 bits per heavy atom. The average Bonchev–Trinajstić information content (AvgIpc) is 2.41. The minimum Gasteiger partial charge on any atom is -0.398 e. The standard InChI is InChI=1S/C12H12N4OS/c1-14-12(17)9-6-7-11(16-15-9)18-10-5-3-2-4-8(10)13/h2-7H,13H2,1H3,(H,14,17). The van der Waals surface area contributed by atoms with Gasteiger partial charge >= 0.3 is 0 Å². The van der Waals surface area contributed by atoms with Gasteiger partial charge in [-0.15, -0.1) is 10.2 Å². The molecule has 0 fully saturated rings. The summed E-state index contributed by atoms with van der Waals surface area (Å²) >= 11 is 1.41. The maximum absolute atomic E-state index is 11.3. The van der Waals surface area contributed by atoms with Gasteiger partial charge in [0.1, 0.15) is 5.03 Å². The molecule has 0 atom stereocenters. The maximum Gasteiger partial charge on any atom is 0.271 e. The third-order valence-electron chi connectivity index (χ3n) is 2.23. The van der Waals surface area contributed by atoms with Gasteiger partial charge in [-0.1, -0.05) is 23.9 Å². The second-order valence-electron chi connectivity index (χ2n) is 3.48. The molecule has 0 saturated carbocycles. The van der Waals surface area contributed by atoms with Crippen molar-refractivity contribution in [2.75, 3.05) is 12.8 Å². The van der Waals surface area contributed by atoms with E-state index in [2.05, 4.69) is 15.5 Å². The molecule has 1 amide bonds. The van der Waals surface area contributed by atoms with Crippen LogP contribution in [0.5, 0.6) is 0 Å². The van der Waals surface area contributed by atoms with E-state index in [1.807, 2.05) is 24.3 Å². The van der Waals surface area contributed by atoms with Crippen LogP contribution in [-0.2, 0) is 0 Å². The van der Waals surface area contributed by atoms with Crippen molar-refractivity contribution in [3.8, 4) is 0 Å². The predicted octanol–water partition coefficient (Wildman–Crippen LogP) is 1.57. The van der Waals surface area contributed by atoms with Crippen molar-refractivity contribution < 1.29 is 4.79 Å². The molecule has 0 saturated heterocycles. The van der Waals surface area contributed by atoms with Crippen molar-refractivity contribution in [1.29, 1.82) is 0 Å². The lowest BCUT2D eigenvalue weighted by atomic mass is 10.3. The largest absolute Gasteiger partial charge is 0.398 e. The lowest BCUT2D eigenvalue weighted by Crippen LogP contribution is -2.19. The molecule has 3 N–H and O–H groups in total. The number of nitrogens with two attached hydrogens (primary N) is 1. The number of hydrogen-bond acceptors (Lipinski definition) is 5. The van der Waals surface area contributed by atoms with E-state index in [1.54, 1.807) is 19.2 Å². The number of anilines is 1. The fourth-order valence-corrected chi connectivity index (χ4v) is 2.09. The lowest BCUT2D eigenvalue weighted by Gasteiger charge is -2.04. The Labute approximate surface area is 109 Å². The van der Waals surface area contributed by atoms with Crippen LogP contribution in [0, 0.1) is 0 Å². The molecule has 0 aliphatic carbocycles. The van der Waals surface area contributed by atoms with E-state index in [1.165, 1.54) is 11.8 Å². The van der Waals surface area contributed by atoms with Crippen LogP contribution in [0.25, 0.3) is 0 Å². The summed E-state index contributed by atoms with van der Waals surface area (Å²) in [7, 11) is 1.55. The van der Waals surface area contributed by atoms with E-state index < -0.39 is 0 Å². The molecule has 2 aromatic rings. The minimum atomic E-state index is -0.252. The third kappa shape index (κ3) is 2.78. The fourth-order valence-electron chi connectivity index (χ4n) is 1.31. The molecule has 18 heavy (non-hydrogen) atoms. The molecule has 6 heteroatoms. The zero-order valence-corrected chi connectivity index (χ0v) is 10.6. The van der Waals surface area contributed by atoms with Crippen LogP contribution >= 0.6 is 11.8 Å². The fraction of sp³-hybridized carbons (Fsp3) is 0.0833. The first-order valence-electron chi connectivity index (χ1n) is 5.29. The number of benzene rings is 1. The third-order valence-corrected chi connectivity index (χ3v) is 3.25. The Morgan fingerprint density at radius 3 is 2.61 bits per heavy atom. The maximum atomic E-state index is 11.3. The van der Waals surface area contributed by atoms with Crippen molar-refractivity contribution in [2.45, 2.75) is 9.92 Å². The number of rotatable bonds is 3. The van der Waals surface area contributed by atoms with Crippen LogP contribution < -0.4 is 11.1 Å². The van der Waals surface area contributed by atoms with Crippen molar-refractivity contribution in [2.24, 2.45) is 0 Å². The number of nitrogens with zero attached hydrogens (tertiary/aromatic N) is 2. The van der Waals surface area contributed by atoms with Crippen LogP contribution in [-0.4, -0.2) is 23.2 Å². The molecular formula is C12H12N4OS. The summed E-state index contributed by atoms with van der Waals surface area (Å²) in [6, 6.07) is 10.9. The predicted molar refractivity (Wildman–Crippen MR) is 70.4 cm³/mol. The average molecular weight is 260 g/mol. The number of nitrogens with one attached hydrogen (secondary N) is 1. The number of aromatic nitrogens is 2. The molecule has 1 aromatic heterocycles. The van der Waals surface area contributed by atoms with Crippen molar-refractivity contribution in [3.05, 3.63) is 42.1 Å². The quantitative estimate of drug-likeness (QED) is 0.819. The van der Waals surface area contributed by atoms with E-state index in [9.17, 15) is 4.79 Å². The SMILES string of the molecule is CNC(=O)c1ccc(Sc2ccccc2N)nn1. The zero-order chi connectivity index (χ0) is 13.0. The highest BCUT2D eigenvalue weighted by molar-refractivity contribution is 7.99. The van der Waals surface area contributed by atoms with Gasteiger partial charge in [-0.05, 0) is 24.3 Å². The Kier molecular flexibility index (Phi) is 3.78. The van der Waals surface area contributed by atoms with Crippen molar-refractivity contribution in [3.63, 3.8) is 0 Å². The van der Waals surface area contributed by atoms with Gasteiger partial charge in [0, 0.05) is 17.6 Å². The van der Waals surface area contributed by atoms with Gasteiger partial charge in [0.2, 0.25) is 0 Å². The molecule has 0 aliphatic heterocycles.